The van der Waals surface area contributed by atoms with Crippen LogP contribution in [0.1, 0.15) is 17.0 Å². The maximum atomic E-state index is 6.21. The Hall–Kier alpha value is -1.23. The van der Waals surface area contributed by atoms with E-state index in [4.69, 9.17) is 27.9 Å². The van der Waals surface area contributed by atoms with E-state index in [1.807, 2.05) is 39.2 Å². The van der Waals surface area contributed by atoms with Crippen molar-refractivity contribution in [3.05, 3.63) is 45.2 Å². The van der Waals surface area contributed by atoms with Gasteiger partial charge in [0.2, 0.25) is 0 Å². The van der Waals surface area contributed by atoms with Crippen molar-refractivity contribution in [2.75, 3.05) is 7.05 Å². The molecule has 0 amide bonds. The third kappa shape index (κ3) is 3.26. The van der Waals surface area contributed by atoms with Crippen LogP contribution in [-0.2, 0) is 20.2 Å². The fraction of sp³-hybridized carbons (Fsp3) is 0.357. The van der Waals surface area contributed by atoms with Gasteiger partial charge in [0.05, 0.1) is 21.4 Å². The van der Waals surface area contributed by atoms with Crippen molar-refractivity contribution >= 4 is 23.2 Å². The molecular formula is C14H17Cl2N3O. The maximum Gasteiger partial charge on any atom is 0.138 e. The van der Waals surface area contributed by atoms with Gasteiger partial charge < -0.3 is 10.1 Å². The Morgan fingerprint density at radius 2 is 2.10 bits per heavy atom. The van der Waals surface area contributed by atoms with Crippen LogP contribution in [-0.4, -0.2) is 16.8 Å². The lowest BCUT2D eigenvalue weighted by atomic mass is 10.2. The van der Waals surface area contributed by atoms with E-state index in [1.54, 1.807) is 4.68 Å². The summed E-state index contributed by atoms with van der Waals surface area (Å²) in [5.74, 6) is 0.640. The molecule has 1 aromatic heterocycles. The van der Waals surface area contributed by atoms with Gasteiger partial charge in [0.25, 0.3) is 0 Å². The first-order valence-corrected chi connectivity index (χ1v) is 7.02. The lowest BCUT2D eigenvalue weighted by Crippen LogP contribution is -2.06. The van der Waals surface area contributed by atoms with E-state index in [-0.39, 0.29) is 0 Å². The van der Waals surface area contributed by atoms with Crippen LogP contribution in [0, 0.1) is 6.92 Å². The zero-order valence-corrected chi connectivity index (χ0v) is 13.2. The fourth-order valence-corrected chi connectivity index (χ4v) is 2.43. The summed E-state index contributed by atoms with van der Waals surface area (Å²) < 4.78 is 7.46. The molecule has 0 aliphatic rings. The lowest BCUT2D eigenvalue weighted by molar-refractivity contribution is 0.295. The van der Waals surface area contributed by atoms with Gasteiger partial charge in [-0.3, -0.25) is 4.68 Å². The molecule has 0 fully saturated rings. The van der Waals surface area contributed by atoms with Crippen LogP contribution in [0.2, 0.25) is 10.0 Å². The molecule has 0 saturated heterocycles. The summed E-state index contributed by atoms with van der Waals surface area (Å²) in [7, 11) is 3.74. The lowest BCUT2D eigenvalue weighted by Gasteiger charge is -2.10. The third-order valence-electron chi connectivity index (χ3n) is 3.00. The number of aromatic nitrogens is 2. The highest BCUT2D eigenvalue weighted by molar-refractivity contribution is 6.32. The van der Waals surface area contributed by atoms with Gasteiger partial charge in [-0.1, -0.05) is 29.3 Å². The molecule has 1 heterocycles. The van der Waals surface area contributed by atoms with E-state index >= 15 is 0 Å². The van der Waals surface area contributed by atoms with Gasteiger partial charge in [-0.05, 0) is 31.7 Å². The number of halogens is 2. The van der Waals surface area contributed by atoms with Crippen LogP contribution in [0.4, 0.5) is 0 Å². The summed E-state index contributed by atoms with van der Waals surface area (Å²) in [5.41, 5.74) is 2.74. The zero-order chi connectivity index (χ0) is 14.7. The van der Waals surface area contributed by atoms with E-state index in [2.05, 4.69) is 10.4 Å². The molecule has 1 N–H and O–H groups in total. The van der Waals surface area contributed by atoms with Crippen molar-refractivity contribution in [3.8, 4) is 5.75 Å². The van der Waals surface area contributed by atoms with E-state index in [9.17, 15) is 0 Å². The first kappa shape index (κ1) is 15.2. The molecule has 20 heavy (non-hydrogen) atoms. The topological polar surface area (TPSA) is 39.1 Å². The van der Waals surface area contributed by atoms with Gasteiger partial charge in [0, 0.05) is 13.6 Å². The number of aryl methyl sites for hydroxylation is 2. The second kappa shape index (κ2) is 6.48. The summed E-state index contributed by atoms with van der Waals surface area (Å²) in [6.07, 6.45) is 0. The molecule has 0 saturated carbocycles. The number of nitrogens with zero attached hydrogens (tertiary/aromatic N) is 2. The van der Waals surface area contributed by atoms with Crippen molar-refractivity contribution in [2.45, 2.75) is 20.1 Å². The quantitative estimate of drug-likeness (QED) is 0.920. The minimum absolute atomic E-state index is 0.335. The fourth-order valence-electron chi connectivity index (χ4n) is 1.96. The SMILES string of the molecule is CNCc1ccc(OCc2c(Cl)c(C)nn2C)c(Cl)c1. The molecule has 0 bridgehead atoms. The monoisotopic (exact) mass is 313 g/mol. The molecular weight excluding hydrogens is 297 g/mol. The van der Waals surface area contributed by atoms with Gasteiger partial charge in [0.1, 0.15) is 12.4 Å². The van der Waals surface area contributed by atoms with Crippen LogP contribution in [0.25, 0.3) is 0 Å². The summed E-state index contributed by atoms with van der Waals surface area (Å²) in [6.45, 7) is 2.97. The van der Waals surface area contributed by atoms with Gasteiger partial charge in [-0.15, -0.1) is 0 Å². The second-order valence-corrected chi connectivity index (χ2v) is 5.34. The molecule has 2 aromatic rings. The molecule has 4 nitrogen and oxygen atoms in total. The molecule has 0 aliphatic heterocycles. The van der Waals surface area contributed by atoms with Gasteiger partial charge in [-0.25, -0.2) is 0 Å². The Balaban J connectivity index is 2.11. The average molecular weight is 314 g/mol. The molecule has 0 atom stereocenters. The first-order valence-electron chi connectivity index (χ1n) is 6.26. The van der Waals surface area contributed by atoms with Crippen LogP contribution >= 0.6 is 23.2 Å². The number of hydrogen-bond donors (Lipinski definition) is 1. The Kier molecular flexibility index (Phi) is 4.91. The van der Waals surface area contributed by atoms with Crippen LogP contribution in [0.3, 0.4) is 0 Å². The average Bonchev–Trinajstić information content (AvgIpc) is 2.64. The van der Waals surface area contributed by atoms with E-state index in [0.717, 1.165) is 23.5 Å². The molecule has 0 aliphatic carbocycles. The highest BCUT2D eigenvalue weighted by Gasteiger charge is 2.12. The van der Waals surface area contributed by atoms with Crippen molar-refractivity contribution in [1.82, 2.24) is 15.1 Å². The number of hydrogen-bond acceptors (Lipinski definition) is 3. The zero-order valence-electron chi connectivity index (χ0n) is 11.7. The van der Waals surface area contributed by atoms with Gasteiger partial charge in [0.15, 0.2) is 0 Å². The minimum Gasteiger partial charge on any atom is -0.486 e. The largest absolute Gasteiger partial charge is 0.486 e. The summed E-state index contributed by atoms with van der Waals surface area (Å²) in [5, 5.41) is 8.55. The van der Waals surface area contributed by atoms with Crippen LogP contribution < -0.4 is 10.1 Å². The number of nitrogens with one attached hydrogen (secondary N) is 1. The van der Waals surface area contributed by atoms with Gasteiger partial charge >= 0.3 is 0 Å². The van der Waals surface area contributed by atoms with E-state index in [1.165, 1.54) is 0 Å². The number of benzene rings is 1. The maximum absolute atomic E-state index is 6.21. The predicted octanol–water partition coefficient (Wildman–Crippen LogP) is 3.33. The van der Waals surface area contributed by atoms with Crippen molar-refractivity contribution in [3.63, 3.8) is 0 Å². The summed E-state index contributed by atoms with van der Waals surface area (Å²) >= 11 is 12.4. The number of ether oxygens (including phenoxy) is 1. The Morgan fingerprint density at radius 3 is 2.65 bits per heavy atom. The van der Waals surface area contributed by atoms with Crippen LogP contribution in [0.15, 0.2) is 18.2 Å². The molecule has 2 rings (SSSR count). The molecule has 0 radical (unpaired) electrons. The van der Waals surface area contributed by atoms with Crippen LogP contribution in [0.5, 0.6) is 5.75 Å². The summed E-state index contributed by atoms with van der Waals surface area (Å²) in [4.78, 5) is 0. The van der Waals surface area contributed by atoms with Crippen molar-refractivity contribution in [1.29, 1.82) is 0 Å². The van der Waals surface area contributed by atoms with E-state index < -0.39 is 0 Å². The first-order chi connectivity index (χ1) is 9.52. The molecule has 108 valence electrons. The Bertz CT molecular complexity index is 611. The summed E-state index contributed by atoms with van der Waals surface area (Å²) in [6, 6.07) is 5.74. The standard InChI is InChI=1S/C14H17Cl2N3O/c1-9-14(16)12(19(3)18-9)8-20-13-5-4-10(7-17-2)6-11(13)15/h4-6,17H,7-8H2,1-3H3. The molecule has 1 aromatic carbocycles. The highest BCUT2D eigenvalue weighted by atomic mass is 35.5. The molecule has 0 unspecified atom stereocenters. The smallest absolute Gasteiger partial charge is 0.138 e. The van der Waals surface area contributed by atoms with Gasteiger partial charge in [-0.2, -0.15) is 5.10 Å². The normalized spacial score (nSPS) is 10.8. The van der Waals surface area contributed by atoms with Crippen molar-refractivity contribution < 1.29 is 4.74 Å². The highest BCUT2D eigenvalue weighted by Crippen LogP contribution is 2.27. The third-order valence-corrected chi connectivity index (χ3v) is 3.79. The second-order valence-electron chi connectivity index (χ2n) is 4.55. The van der Waals surface area contributed by atoms with E-state index in [0.29, 0.717) is 22.4 Å². The minimum atomic E-state index is 0.335. The Labute approximate surface area is 128 Å². The molecule has 6 heteroatoms. The predicted molar refractivity (Wildman–Crippen MR) is 81.5 cm³/mol. The van der Waals surface area contributed by atoms with Crippen molar-refractivity contribution in [2.24, 2.45) is 7.05 Å². The number of rotatable bonds is 5. The molecule has 0 spiro atoms. The Morgan fingerprint density at radius 1 is 1.35 bits per heavy atom.